The first-order chi connectivity index (χ1) is 8.58. The van der Waals surface area contributed by atoms with Crippen molar-refractivity contribution in [2.24, 2.45) is 11.8 Å². The maximum absolute atomic E-state index is 13.7. The van der Waals surface area contributed by atoms with Gasteiger partial charge < -0.3 is 4.74 Å². The van der Waals surface area contributed by atoms with E-state index in [0.29, 0.717) is 17.4 Å². The van der Waals surface area contributed by atoms with Gasteiger partial charge in [0.25, 0.3) is 0 Å². The van der Waals surface area contributed by atoms with Crippen LogP contribution in [-0.4, -0.2) is 6.10 Å². The van der Waals surface area contributed by atoms with E-state index in [1.165, 1.54) is 12.5 Å². The van der Waals surface area contributed by atoms with Gasteiger partial charge in [0.15, 0.2) is 11.6 Å². The van der Waals surface area contributed by atoms with Gasteiger partial charge in [0.1, 0.15) is 0 Å². The largest absolute Gasteiger partial charge is 0.487 e. The highest BCUT2D eigenvalue weighted by Crippen LogP contribution is 2.32. The molecule has 0 radical (unpaired) electrons. The standard InChI is InChI=1S/C15H18FNO/c1-10-5-11(2)7-13(6-10)18-15-4-3-12(9-17)8-14(15)16/h3-4,8,10-11,13H,5-7H2,1-2H3. The molecule has 3 heteroatoms. The summed E-state index contributed by atoms with van der Waals surface area (Å²) in [6.45, 7) is 4.42. The molecule has 0 heterocycles. The summed E-state index contributed by atoms with van der Waals surface area (Å²) in [4.78, 5) is 0. The number of benzene rings is 1. The monoisotopic (exact) mass is 247 g/mol. The molecule has 1 aliphatic carbocycles. The van der Waals surface area contributed by atoms with Gasteiger partial charge in [-0.1, -0.05) is 13.8 Å². The van der Waals surface area contributed by atoms with Crippen molar-refractivity contribution in [3.8, 4) is 11.8 Å². The van der Waals surface area contributed by atoms with Crippen LogP contribution in [0.1, 0.15) is 38.7 Å². The molecule has 1 fully saturated rings. The van der Waals surface area contributed by atoms with Gasteiger partial charge in [-0.15, -0.1) is 0 Å². The molecule has 0 amide bonds. The molecule has 0 spiro atoms. The van der Waals surface area contributed by atoms with Crippen LogP contribution in [0.3, 0.4) is 0 Å². The molecule has 0 N–H and O–H groups in total. The van der Waals surface area contributed by atoms with Crippen molar-refractivity contribution in [1.82, 2.24) is 0 Å². The van der Waals surface area contributed by atoms with Crippen LogP contribution < -0.4 is 4.74 Å². The van der Waals surface area contributed by atoms with Crippen LogP contribution in [0.15, 0.2) is 18.2 Å². The highest BCUT2D eigenvalue weighted by Gasteiger charge is 2.25. The number of hydrogen-bond donors (Lipinski definition) is 0. The average molecular weight is 247 g/mol. The van der Waals surface area contributed by atoms with E-state index in [9.17, 15) is 4.39 Å². The second-order valence-corrected chi connectivity index (χ2v) is 5.41. The first-order valence-corrected chi connectivity index (χ1v) is 6.44. The van der Waals surface area contributed by atoms with Crippen LogP contribution in [-0.2, 0) is 0 Å². The predicted molar refractivity (Wildman–Crippen MR) is 67.7 cm³/mol. The van der Waals surface area contributed by atoms with Crippen LogP contribution in [0.25, 0.3) is 0 Å². The van der Waals surface area contributed by atoms with E-state index in [1.54, 1.807) is 12.1 Å². The summed E-state index contributed by atoms with van der Waals surface area (Å²) < 4.78 is 19.5. The summed E-state index contributed by atoms with van der Waals surface area (Å²) in [7, 11) is 0. The number of nitrogens with zero attached hydrogens (tertiary/aromatic N) is 1. The van der Waals surface area contributed by atoms with Crippen molar-refractivity contribution in [3.63, 3.8) is 0 Å². The Morgan fingerprint density at radius 3 is 2.44 bits per heavy atom. The van der Waals surface area contributed by atoms with E-state index in [2.05, 4.69) is 13.8 Å². The van der Waals surface area contributed by atoms with Gasteiger partial charge in [-0.05, 0) is 49.3 Å². The minimum absolute atomic E-state index is 0.0891. The zero-order chi connectivity index (χ0) is 13.1. The molecule has 18 heavy (non-hydrogen) atoms. The number of ether oxygens (including phenoxy) is 1. The van der Waals surface area contributed by atoms with E-state index in [1.807, 2.05) is 6.07 Å². The van der Waals surface area contributed by atoms with Crippen LogP contribution in [0.2, 0.25) is 0 Å². The number of hydrogen-bond acceptors (Lipinski definition) is 2. The summed E-state index contributed by atoms with van der Waals surface area (Å²) in [5, 5.41) is 8.69. The van der Waals surface area contributed by atoms with E-state index in [-0.39, 0.29) is 11.9 Å². The molecule has 2 rings (SSSR count). The summed E-state index contributed by atoms with van der Waals surface area (Å²) in [5.74, 6) is 1.07. The third-order valence-electron chi connectivity index (χ3n) is 3.49. The van der Waals surface area contributed by atoms with Crippen molar-refractivity contribution in [2.45, 2.75) is 39.2 Å². The molecule has 2 atom stereocenters. The molecule has 2 nitrogen and oxygen atoms in total. The molecular formula is C15H18FNO. The Kier molecular flexibility index (Phi) is 3.86. The molecule has 96 valence electrons. The molecule has 1 aromatic rings. The molecule has 1 aromatic carbocycles. The van der Waals surface area contributed by atoms with Gasteiger partial charge in [-0.25, -0.2) is 4.39 Å². The fourth-order valence-corrected chi connectivity index (χ4v) is 2.81. The Labute approximate surface area is 107 Å². The van der Waals surface area contributed by atoms with Crippen molar-refractivity contribution in [2.75, 3.05) is 0 Å². The predicted octanol–water partition coefficient (Wildman–Crippen LogP) is 3.90. The minimum Gasteiger partial charge on any atom is -0.487 e. The van der Waals surface area contributed by atoms with Crippen molar-refractivity contribution in [3.05, 3.63) is 29.6 Å². The lowest BCUT2D eigenvalue weighted by molar-refractivity contribution is 0.0970. The molecule has 0 aliphatic heterocycles. The lowest BCUT2D eigenvalue weighted by Crippen LogP contribution is -2.28. The van der Waals surface area contributed by atoms with Gasteiger partial charge >= 0.3 is 0 Å². The van der Waals surface area contributed by atoms with Gasteiger partial charge in [0, 0.05) is 0 Å². The van der Waals surface area contributed by atoms with Crippen LogP contribution in [0.4, 0.5) is 4.39 Å². The molecule has 1 aliphatic rings. The van der Waals surface area contributed by atoms with Gasteiger partial charge in [0.2, 0.25) is 0 Å². The topological polar surface area (TPSA) is 33.0 Å². The van der Waals surface area contributed by atoms with E-state index in [0.717, 1.165) is 12.8 Å². The fraction of sp³-hybridized carbons (Fsp3) is 0.533. The first kappa shape index (κ1) is 12.9. The smallest absolute Gasteiger partial charge is 0.166 e. The van der Waals surface area contributed by atoms with Gasteiger partial charge in [-0.3, -0.25) is 0 Å². The molecule has 0 aromatic heterocycles. The molecule has 0 bridgehead atoms. The number of nitriles is 1. The van der Waals surface area contributed by atoms with Crippen LogP contribution in [0, 0.1) is 29.0 Å². The SMILES string of the molecule is CC1CC(C)CC(Oc2ccc(C#N)cc2F)C1. The Morgan fingerprint density at radius 2 is 1.89 bits per heavy atom. The third-order valence-corrected chi connectivity index (χ3v) is 3.49. The summed E-state index contributed by atoms with van der Waals surface area (Å²) in [6, 6.07) is 6.29. The van der Waals surface area contributed by atoms with Crippen molar-refractivity contribution >= 4 is 0 Å². The average Bonchev–Trinajstić information content (AvgIpc) is 2.30. The number of rotatable bonds is 2. The van der Waals surface area contributed by atoms with Gasteiger partial charge in [-0.2, -0.15) is 5.26 Å². The van der Waals surface area contributed by atoms with E-state index in [4.69, 9.17) is 10.00 Å². The number of halogens is 1. The first-order valence-electron chi connectivity index (χ1n) is 6.44. The lowest BCUT2D eigenvalue weighted by Gasteiger charge is -2.31. The van der Waals surface area contributed by atoms with E-state index < -0.39 is 5.82 Å². The van der Waals surface area contributed by atoms with Crippen LogP contribution >= 0.6 is 0 Å². The third kappa shape index (κ3) is 3.01. The maximum Gasteiger partial charge on any atom is 0.166 e. The molecule has 1 saturated carbocycles. The second-order valence-electron chi connectivity index (χ2n) is 5.41. The Bertz CT molecular complexity index is 456. The zero-order valence-electron chi connectivity index (χ0n) is 10.8. The van der Waals surface area contributed by atoms with Crippen LogP contribution in [0.5, 0.6) is 5.75 Å². The van der Waals surface area contributed by atoms with Gasteiger partial charge in [0.05, 0.1) is 17.7 Å². The summed E-state index contributed by atoms with van der Waals surface area (Å²) in [5.41, 5.74) is 0.324. The zero-order valence-corrected chi connectivity index (χ0v) is 10.8. The highest BCUT2D eigenvalue weighted by atomic mass is 19.1. The lowest BCUT2D eigenvalue weighted by atomic mass is 9.82. The summed E-state index contributed by atoms with van der Waals surface area (Å²) >= 11 is 0. The molecule has 0 saturated heterocycles. The second kappa shape index (κ2) is 5.39. The molecular weight excluding hydrogens is 229 g/mol. The Morgan fingerprint density at radius 1 is 1.22 bits per heavy atom. The highest BCUT2D eigenvalue weighted by molar-refractivity contribution is 5.36. The van der Waals surface area contributed by atoms with Crippen molar-refractivity contribution < 1.29 is 9.13 Å². The minimum atomic E-state index is -0.445. The Balaban J connectivity index is 2.07. The normalized spacial score (nSPS) is 27.6. The quantitative estimate of drug-likeness (QED) is 0.794. The fourth-order valence-electron chi connectivity index (χ4n) is 2.81. The Hall–Kier alpha value is -1.56. The summed E-state index contributed by atoms with van der Waals surface area (Å²) in [6.07, 6.45) is 3.26. The molecule has 2 unspecified atom stereocenters. The van der Waals surface area contributed by atoms with Crippen molar-refractivity contribution in [1.29, 1.82) is 5.26 Å². The maximum atomic E-state index is 13.7. The van der Waals surface area contributed by atoms with E-state index >= 15 is 0 Å².